The summed E-state index contributed by atoms with van der Waals surface area (Å²) in [6, 6.07) is 5.72. The maximum atomic E-state index is 13.4. The molecule has 0 spiro atoms. The molecule has 1 aromatic carbocycles. The maximum Gasteiger partial charge on any atom is 0.311 e. The second-order valence-electron chi connectivity index (χ2n) is 6.01. The Labute approximate surface area is 141 Å². The van der Waals surface area contributed by atoms with Crippen LogP contribution in [0.5, 0.6) is 5.75 Å². The fourth-order valence-electron chi connectivity index (χ4n) is 2.63. The molecule has 0 radical (unpaired) electrons. The highest BCUT2D eigenvalue weighted by molar-refractivity contribution is 5.74. The first-order valence-corrected chi connectivity index (χ1v) is 8.34. The summed E-state index contributed by atoms with van der Waals surface area (Å²) in [4.78, 5) is 23.4. The predicted molar refractivity (Wildman–Crippen MR) is 88.0 cm³/mol. The van der Waals surface area contributed by atoms with Gasteiger partial charge in [0.15, 0.2) is 11.6 Å². The molecule has 0 atom stereocenters. The minimum absolute atomic E-state index is 0.0468. The molecule has 5 heteroatoms. The van der Waals surface area contributed by atoms with Crippen LogP contribution in [0.3, 0.4) is 0 Å². The Balaban J connectivity index is 1.65. The van der Waals surface area contributed by atoms with E-state index in [-0.39, 0.29) is 24.6 Å². The topological polar surface area (TPSA) is 52.6 Å². The average Bonchev–Trinajstić information content (AvgIpc) is 2.56. The van der Waals surface area contributed by atoms with Gasteiger partial charge in [0.25, 0.3) is 0 Å². The number of benzene rings is 1. The van der Waals surface area contributed by atoms with Crippen molar-refractivity contribution in [3.63, 3.8) is 0 Å². The Kier molecular flexibility index (Phi) is 6.97. The van der Waals surface area contributed by atoms with Crippen LogP contribution in [0, 0.1) is 5.82 Å². The summed E-state index contributed by atoms with van der Waals surface area (Å²) in [7, 11) is 0. The van der Waals surface area contributed by atoms with Crippen LogP contribution >= 0.6 is 0 Å². The van der Waals surface area contributed by atoms with E-state index in [4.69, 9.17) is 9.47 Å². The summed E-state index contributed by atoms with van der Waals surface area (Å²) in [6.45, 7) is 2.44. The zero-order chi connectivity index (χ0) is 17.4. The van der Waals surface area contributed by atoms with Crippen LogP contribution in [0.15, 0.2) is 35.4 Å². The number of rotatable bonds is 7. The number of carbonyl (C=O) groups excluding carboxylic acids is 2. The number of halogens is 1. The number of hydrogen-bond acceptors (Lipinski definition) is 4. The molecule has 0 unspecified atom stereocenters. The molecule has 0 saturated heterocycles. The van der Waals surface area contributed by atoms with Gasteiger partial charge in [0.1, 0.15) is 6.61 Å². The number of carbonyl (C=O) groups is 2. The zero-order valence-electron chi connectivity index (χ0n) is 14.0. The van der Waals surface area contributed by atoms with E-state index in [0.717, 1.165) is 19.3 Å². The number of hydrogen-bond donors (Lipinski definition) is 0. The quantitative estimate of drug-likeness (QED) is 0.423. The highest BCUT2D eigenvalue weighted by Gasteiger charge is 2.13. The molecule has 24 heavy (non-hydrogen) atoms. The van der Waals surface area contributed by atoms with E-state index in [9.17, 15) is 14.0 Å². The SMILES string of the molecule is CC1=C(COC(=O)CCCC(=O)Oc2ccccc2F)CCCC1. The third-order valence-electron chi connectivity index (χ3n) is 4.11. The van der Waals surface area contributed by atoms with Gasteiger partial charge in [0.05, 0.1) is 0 Å². The Morgan fingerprint density at radius 2 is 1.79 bits per heavy atom. The largest absolute Gasteiger partial charge is 0.461 e. The van der Waals surface area contributed by atoms with E-state index in [1.807, 2.05) is 0 Å². The van der Waals surface area contributed by atoms with Gasteiger partial charge < -0.3 is 9.47 Å². The number of ether oxygens (including phenoxy) is 2. The molecule has 1 aliphatic carbocycles. The summed E-state index contributed by atoms with van der Waals surface area (Å²) < 4.78 is 23.5. The van der Waals surface area contributed by atoms with Crippen LogP contribution in [0.4, 0.5) is 4.39 Å². The fourth-order valence-corrected chi connectivity index (χ4v) is 2.63. The molecule has 0 N–H and O–H groups in total. The molecule has 4 nitrogen and oxygen atoms in total. The highest BCUT2D eigenvalue weighted by atomic mass is 19.1. The molecule has 1 aromatic rings. The smallest absolute Gasteiger partial charge is 0.311 e. The zero-order valence-corrected chi connectivity index (χ0v) is 14.0. The first-order valence-electron chi connectivity index (χ1n) is 8.34. The van der Waals surface area contributed by atoms with Crippen molar-refractivity contribution in [3.8, 4) is 5.75 Å². The Hall–Kier alpha value is -2.17. The first kappa shape index (κ1) is 18.2. The second kappa shape index (κ2) is 9.21. The second-order valence-corrected chi connectivity index (χ2v) is 6.01. The predicted octanol–water partition coefficient (Wildman–Crippen LogP) is 4.34. The van der Waals surface area contributed by atoms with E-state index >= 15 is 0 Å². The third kappa shape index (κ3) is 5.80. The van der Waals surface area contributed by atoms with E-state index < -0.39 is 11.8 Å². The highest BCUT2D eigenvalue weighted by Crippen LogP contribution is 2.24. The fraction of sp³-hybridized carbons (Fsp3) is 0.474. The molecule has 1 aliphatic rings. The number of allylic oxidation sites excluding steroid dienone is 1. The number of esters is 2. The Bertz CT molecular complexity index is 622. The monoisotopic (exact) mass is 334 g/mol. The lowest BCUT2D eigenvalue weighted by molar-refractivity contribution is -0.143. The van der Waals surface area contributed by atoms with Gasteiger partial charge in [-0.25, -0.2) is 4.39 Å². The minimum Gasteiger partial charge on any atom is -0.461 e. The molecule has 0 aliphatic heterocycles. The lowest BCUT2D eigenvalue weighted by Crippen LogP contribution is -2.12. The van der Waals surface area contributed by atoms with Gasteiger partial charge in [0.2, 0.25) is 0 Å². The van der Waals surface area contributed by atoms with Crippen LogP contribution in [0.1, 0.15) is 51.9 Å². The van der Waals surface area contributed by atoms with Gasteiger partial charge in [-0.15, -0.1) is 0 Å². The van der Waals surface area contributed by atoms with Gasteiger partial charge in [-0.05, 0) is 56.7 Å². The van der Waals surface area contributed by atoms with Crippen LogP contribution in [0.25, 0.3) is 0 Å². The summed E-state index contributed by atoms with van der Waals surface area (Å²) >= 11 is 0. The molecule has 0 bridgehead atoms. The van der Waals surface area contributed by atoms with Crippen molar-refractivity contribution in [1.29, 1.82) is 0 Å². The van der Waals surface area contributed by atoms with Crippen molar-refractivity contribution < 1.29 is 23.5 Å². The average molecular weight is 334 g/mol. The van der Waals surface area contributed by atoms with Crippen LogP contribution in [-0.2, 0) is 14.3 Å². The van der Waals surface area contributed by atoms with Crippen molar-refractivity contribution in [1.82, 2.24) is 0 Å². The first-order chi connectivity index (χ1) is 11.6. The van der Waals surface area contributed by atoms with Gasteiger partial charge >= 0.3 is 11.9 Å². The molecular formula is C19H23FO4. The van der Waals surface area contributed by atoms with Gasteiger partial charge in [-0.3, -0.25) is 9.59 Å². The van der Waals surface area contributed by atoms with E-state index in [0.29, 0.717) is 13.0 Å². The summed E-state index contributed by atoms with van der Waals surface area (Å²) in [5.74, 6) is -1.55. The third-order valence-corrected chi connectivity index (χ3v) is 4.11. The molecule has 2 rings (SSSR count). The van der Waals surface area contributed by atoms with E-state index in [1.54, 1.807) is 6.07 Å². The Morgan fingerprint density at radius 1 is 1.08 bits per heavy atom. The molecule has 0 aromatic heterocycles. The van der Waals surface area contributed by atoms with Crippen molar-refractivity contribution >= 4 is 11.9 Å². The van der Waals surface area contributed by atoms with Crippen molar-refractivity contribution in [2.45, 2.75) is 51.9 Å². The lowest BCUT2D eigenvalue weighted by Gasteiger charge is -2.17. The van der Waals surface area contributed by atoms with Gasteiger partial charge in [-0.1, -0.05) is 17.7 Å². The molecule has 130 valence electrons. The molecule has 0 fully saturated rings. The molecule has 0 heterocycles. The number of para-hydroxylation sites is 1. The minimum atomic E-state index is -0.582. The summed E-state index contributed by atoms with van der Waals surface area (Å²) in [5, 5.41) is 0. The normalized spacial score (nSPS) is 14.4. The summed E-state index contributed by atoms with van der Waals surface area (Å²) in [6.07, 6.45) is 4.94. The maximum absolute atomic E-state index is 13.4. The summed E-state index contributed by atoms with van der Waals surface area (Å²) in [5.41, 5.74) is 2.54. The van der Waals surface area contributed by atoms with Crippen molar-refractivity contribution in [3.05, 3.63) is 41.2 Å². The van der Waals surface area contributed by atoms with Crippen LogP contribution in [0.2, 0.25) is 0 Å². The lowest BCUT2D eigenvalue weighted by atomic mass is 9.93. The van der Waals surface area contributed by atoms with Crippen LogP contribution < -0.4 is 4.74 Å². The van der Waals surface area contributed by atoms with Gasteiger partial charge in [-0.2, -0.15) is 0 Å². The standard InChI is InChI=1S/C19H23FO4/c1-14-7-2-3-8-15(14)13-23-18(21)11-6-12-19(22)24-17-10-5-4-9-16(17)20/h4-5,9-10H,2-3,6-8,11-13H2,1H3. The van der Waals surface area contributed by atoms with Crippen LogP contribution in [-0.4, -0.2) is 18.5 Å². The molecule has 0 amide bonds. The van der Waals surface area contributed by atoms with Gasteiger partial charge in [0, 0.05) is 12.8 Å². The molecule has 0 saturated carbocycles. The molecular weight excluding hydrogens is 311 g/mol. The van der Waals surface area contributed by atoms with Crippen molar-refractivity contribution in [2.24, 2.45) is 0 Å². The van der Waals surface area contributed by atoms with E-state index in [2.05, 4.69) is 6.92 Å². The van der Waals surface area contributed by atoms with Crippen molar-refractivity contribution in [2.75, 3.05) is 6.61 Å². The van der Waals surface area contributed by atoms with E-state index in [1.165, 1.54) is 35.8 Å². The Morgan fingerprint density at radius 3 is 2.54 bits per heavy atom.